The van der Waals surface area contributed by atoms with Gasteiger partial charge in [0.15, 0.2) is 0 Å². The van der Waals surface area contributed by atoms with Crippen LogP contribution in [0.1, 0.15) is 163 Å². The van der Waals surface area contributed by atoms with Gasteiger partial charge in [0.1, 0.15) is 6.04 Å². The molecular formula is C35H72N3O5S+. The predicted molar refractivity (Wildman–Crippen MR) is 185 cm³/mol. The van der Waals surface area contributed by atoms with Crippen LogP contribution in [0, 0.1) is 5.92 Å². The lowest BCUT2D eigenvalue weighted by molar-refractivity contribution is -0.890. The Kier molecular flexibility index (Phi) is 25.2. The van der Waals surface area contributed by atoms with Gasteiger partial charge in [-0.25, -0.2) is 0 Å². The van der Waals surface area contributed by atoms with Gasteiger partial charge >= 0.3 is 0 Å². The number of unbranched alkanes of at least 4 members (excludes halogenated alkanes) is 16. The van der Waals surface area contributed by atoms with Gasteiger partial charge < -0.3 is 15.1 Å². The highest BCUT2D eigenvalue weighted by Crippen LogP contribution is 2.14. The highest BCUT2D eigenvalue weighted by Gasteiger charge is 2.25. The van der Waals surface area contributed by atoms with Gasteiger partial charge in [0.25, 0.3) is 10.1 Å². The van der Waals surface area contributed by atoms with Crippen molar-refractivity contribution in [3.63, 3.8) is 0 Å². The lowest BCUT2D eigenvalue weighted by atomic mass is 9.97. The number of hydrogen-bond acceptors (Lipinski definition) is 4. The summed E-state index contributed by atoms with van der Waals surface area (Å²) in [5.41, 5.74) is 0. The lowest BCUT2D eigenvalue weighted by Gasteiger charge is -2.30. The zero-order chi connectivity index (χ0) is 33.3. The molecule has 0 heterocycles. The normalized spacial score (nSPS) is 14.2. The SMILES string of the molecule is CCCCCCCCCCCCNC(=O)[C@@H](NC(=O)CCCCCCCCCC[N+](C)(C)CCC(C)S(=O)(=O)O)[C@@H](C)CC. The van der Waals surface area contributed by atoms with E-state index in [1.165, 1.54) is 70.6 Å². The van der Waals surface area contributed by atoms with Crippen molar-refractivity contribution in [2.24, 2.45) is 5.92 Å². The summed E-state index contributed by atoms with van der Waals surface area (Å²) >= 11 is 0. The fourth-order valence-corrected chi connectivity index (χ4v) is 5.96. The summed E-state index contributed by atoms with van der Waals surface area (Å²) < 4.78 is 32.3. The number of quaternary nitrogens is 1. The number of hydrogen-bond donors (Lipinski definition) is 3. The number of nitrogens with one attached hydrogen (secondary N) is 2. The molecule has 0 spiro atoms. The third kappa shape index (κ3) is 24.1. The molecule has 9 heteroatoms. The molecule has 2 amide bonds. The highest BCUT2D eigenvalue weighted by molar-refractivity contribution is 7.86. The summed E-state index contributed by atoms with van der Waals surface area (Å²) in [6, 6.07) is -0.453. The minimum Gasteiger partial charge on any atom is -0.354 e. The van der Waals surface area contributed by atoms with Gasteiger partial charge in [-0.15, -0.1) is 0 Å². The highest BCUT2D eigenvalue weighted by atomic mass is 32.2. The van der Waals surface area contributed by atoms with E-state index in [2.05, 4.69) is 38.6 Å². The second-order valence-electron chi connectivity index (χ2n) is 14.0. The molecule has 3 N–H and O–H groups in total. The molecule has 0 aromatic rings. The summed E-state index contributed by atoms with van der Waals surface area (Å²) in [6.45, 7) is 10.3. The Balaban J connectivity index is 3.97. The molecule has 262 valence electrons. The van der Waals surface area contributed by atoms with Crippen LogP contribution in [0.3, 0.4) is 0 Å². The van der Waals surface area contributed by atoms with Gasteiger partial charge in [0.2, 0.25) is 11.8 Å². The van der Waals surface area contributed by atoms with E-state index in [-0.39, 0.29) is 17.7 Å². The van der Waals surface area contributed by atoms with Crippen LogP contribution >= 0.6 is 0 Å². The molecule has 0 aliphatic carbocycles. The first-order valence-corrected chi connectivity index (χ1v) is 19.7. The number of carbonyl (C=O) groups excluding carboxylic acids is 2. The lowest BCUT2D eigenvalue weighted by Crippen LogP contribution is -2.50. The van der Waals surface area contributed by atoms with Gasteiger partial charge in [-0.1, -0.05) is 117 Å². The molecule has 3 atom stereocenters. The van der Waals surface area contributed by atoms with Crippen LogP contribution in [-0.2, 0) is 19.7 Å². The Morgan fingerprint density at radius 1 is 0.705 bits per heavy atom. The zero-order valence-electron chi connectivity index (χ0n) is 29.6. The van der Waals surface area contributed by atoms with Gasteiger partial charge in [-0.2, -0.15) is 8.42 Å². The maximum atomic E-state index is 12.9. The fourth-order valence-electron chi connectivity index (χ4n) is 5.56. The van der Waals surface area contributed by atoms with Crippen molar-refractivity contribution in [3.8, 4) is 0 Å². The van der Waals surface area contributed by atoms with Crippen molar-refractivity contribution in [2.45, 2.75) is 174 Å². The summed E-state index contributed by atoms with van der Waals surface area (Å²) in [5.74, 6) is 0.0471. The predicted octanol–water partition coefficient (Wildman–Crippen LogP) is 7.81. The summed E-state index contributed by atoms with van der Waals surface area (Å²) in [5, 5.41) is 5.38. The van der Waals surface area contributed by atoms with Crippen molar-refractivity contribution in [1.82, 2.24) is 10.6 Å². The molecule has 0 aromatic carbocycles. The quantitative estimate of drug-likeness (QED) is 0.0419. The first kappa shape index (κ1) is 42.8. The van der Waals surface area contributed by atoms with E-state index in [1.54, 1.807) is 6.92 Å². The Morgan fingerprint density at radius 2 is 1.18 bits per heavy atom. The Bertz CT molecular complexity index is 834. The maximum Gasteiger partial charge on any atom is 0.267 e. The number of rotatable bonds is 30. The fraction of sp³-hybridized carbons (Fsp3) is 0.943. The molecule has 0 bridgehead atoms. The summed E-state index contributed by atoms with van der Waals surface area (Å²) in [7, 11) is 0.286. The van der Waals surface area contributed by atoms with Crippen LogP contribution in [0.2, 0.25) is 0 Å². The van der Waals surface area contributed by atoms with Crippen molar-refractivity contribution in [1.29, 1.82) is 0 Å². The van der Waals surface area contributed by atoms with E-state index < -0.39 is 21.4 Å². The third-order valence-corrected chi connectivity index (χ3v) is 10.5. The van der Waals surface area contributed by atoms with Gasteiger partial charge in [-0.05, 0) is 38.5 Å². The summed E-state index contributed by atoms with van der Waals surface area (Å²) in [6.07, 6.45) is 23.3. The summed E-state index contributed by atoms with van der Waals surface area (Å²) in [4.78, 5) is 25.5. The van der Waals surface area contributed by atoms with E-state index in [9.17, 15) is 18.0 Å². The van der Waals surface area contributed by atoms with E-state index >= 15 is 0 Å². The third-order valence-electron chi connectivity index (χ3n) is 9.21. The van der Waals surface area contributed by atoms with Crippen molar-refractivity contribution in [2.75, 3.05) is 33.7 Å². The van der Waals surface area contributed by atoms with E-state index in [0.29, 0.717) is 19.4 Å². The molecule has 0 radical (unpaired) electrons. The first-order valence-electron chi connectivity index (χ1n) is 18.2. The van der Waals surface area contributed by atoms with Crippen molar-refractivity contribution in [3.05, 3.63) is 0 Å². The van der Waals surface area contributed by atoms with E-state index in [4.69, 9.17) is 4.55 Å². The first-order chi connectivity index (χ1) is 20.8. The average molecular weight is 647 g/mol. The molecule has 0 aliphatic rings. The molecule has 0 saturated carbocycles. The standard InChI is InChI=1S/C35H71N3O5S/c1-7-9-10-11-12-13-15-18-21-24-28-36-35(40)34(31(3)8-2)37-33(39)26-23-20-17-14-16-19-22-25-29-38(5,6)30-27-32(4)44(41,42)43/h31-32,34H,7-30H2,1-6H3,(H2-,36,37,39,40,41,42,43)/p+1/t31-,32?,34-/m0/s1. The van der Waals surface area contributed by atoms with Gasteiger partial charge in [-0.3, -0.25) is 14.1 Å². The molecule has 0 saturated heterocycles. The van der Waals surface area contributed by atoms with Crippen molar-refractivity contribution < 1.29 is 27.0 Å². The smallest absolute Gasteiger partial charge is 0.267 e. The molecule has 44 heavy (non-hydrogen) atoms. The van der Waals surface area contributed by atoms with Gasteiger partial charge in [0.05, 0.1) is 32.4 Å². The van der Waals surface area contributed by atoms with Gasteiger partial charge in [0, 0.05) is 19.4 Å². The monoisotopic (exact) mass is 647 g/mol. The van der Waals surface area contributed by atoms with Crippen LogP contribution in [0.4, 0.5) is 0 Å². The minimum atomic E-state index is -3.94. The van der Waals surface area contributed by atoms with E-state index in [1.807, 2.05) is 6.92 Å². The van der Waals surface area contributed by atoms with E-state index in [0.717, 1.165) is 68.9 Å². The second-order valence-corrected chi connectivity index (χ2v) is 15.8. The van der Waals surface area contributed by atoms with Crippen LogP contribution in [0.25, 0.3) is 0 Å². The molecule has 0 fully saturated rings. The largest absolute Gasteiger partial charge is 0.354 e. The zero-order valence-corrected chi connectivity index (χ0v) is 30.5. The number of amides is 2. The van der Waals surface area contributed by atoms with Crippen LogP contribution < -0.4 is 10.6 Å². The van der Waals surface area contributed by atoms with Crippen LogP contribution in [-0.4, -0.2) is 74.3 Å². The Labute approximate surface area is 272 Å². The Morgan fingerprint density at radius 3 is 1.68 bits per heavy atom. The second kappa shape index (κ2) is 25.9. The van der Waals surface area contributed by atoms with Crippen molar-refractivity contribution >= 4 is 21.9 Å². The minimum absolute atomic E-state index is 0.0175. The maximum absolute atomic E-state index is 12.9. The molecule has 0 aromatic heterocycles. The molecule has 8 nitrogen and oxygen atoms in total. The molecule has 1 unspecified atom stereocenters. The van der Waals surface area contributed by atoms with Crippen LogP contribution in [0.5, 0.6) is 0 Å². The Hall–Kier alpha value is -1.19. The topological polar surface area (TPSA) is 113 Å². The molecule has 0 rings (SSSR count). The molecular weight excluding hydrogens is 574 g/mol. The number of carbonyl (C=O) groups is 2. The van der Waals surface area contributed by atoms with Crippen LogP contribution in [0.15, 0.2) is 0 Å². The molecule has 0 aliphatic heterocycles. The average Bonchev–Trinajstić information content (AvgIpc) is 2.97. The number of nitrogens with zero attached hydrogens (tertiary/aromatic N) is 1.